The number of ether oxygens (including phenoxy) is 2. The molecule has 2 saturated heterocycles. The lowest BCUT2D eigenvalue weighted by molar-refractivity contribution is -0.0815. The summed E-state index contributed by atoms with van der Waals surface area (Å²) in [6, 6.07) is 0.468. The number of nitrogens with two attached hydrogens (primary N) is 1. The molecule has 0 bridgehead atoms. The van der Waals surface area contributed by atoms with Crippen LogP contribution in [0.25, 0.3) is 0 Å². The van der Waals surface area contributed by atoms with E-state index in [0.29, 0.717) is 18.2 Å². The molecule has 2 heterocycles. The van der Waals surface area contributed by atoms with E-state index in [4.69, 9.17) is 15.2 Å². The number of rotatable bonds is 4. The lowest BCUT2D eigenvalue weighted by atomic mass is 9.83. The van der Waals surface area contributed by atoms with Gasteiger partial charge in [-0.2, -0.15) is 0 Å². The summed E-state index contributed by atoms with van der Waals surface area (Å²) in [5.41, 5.74) is 6.23. The minimum Gasteiger partial charge on any atom is -0.381 e. The molecule has 3 unspecified atom stereocenters. The van der Waals surface area contributed by atoms with Crippen molar-refractivity contribution in [1.29, 1.82) is 0 Å². The predicted molar refractivity (Wildman–Crippen MR) is 84.4 cm³/mol. The number of hydrogen-bond donors (Lipinski definition) is 1. The summed E-state index contributed by atoms with van der Waals surface area (Å²) in [5.74, 6) is 0. The van der Waals surface area contributed by atoms with Crippen LogP contribution < -0.4 is 5.73 Å². The maximum atomic E-state index is 6.52. The third-order valence-electron chi connectivity index (χ3n) is 5.94. The Kier molecular flexibility index (Phi) is 5.20. The predicted octanol–water partition coefficient (Wildman–Crippen LogP) is 2.31. The van der Waals surface area contributed by atoms with Crippen LogP contribution in [0.4, 0.5) is 0 Å². The van der Waals surface area contributed by atoms with E-state index >= 15 is 0 Å². The molecular formula is C17H32N2O2. The topological polar surface area (TPSA) is 47.7 Å². The Morgan fingerprint density at radius 2 is 2.00 bits per heavy atom. The third kappa shape index (κ3) is 3.61. The number of likely N-dealkylation sites (tertiary alicyclic amines) is 1. The molecule has 122 valence electrons. The van der Waals surface area contributed by atoms with E-state index < -0.39 is 0 Å². The van der Waals surface area contributed by atoms with Gasteiger partial charge in [0.05, 0.1) is 17.8 Å². The van der Waals surface area contributed by atoms with E-state index in [0.717, 1.165) is 32.5 Å². The van der Waals surface area contributed by atoms with Crippen molar-refractivity contribution in [3.8, 4) is 0 Å². The SMILES string of the molecule is COC1CCN(CC2CCC3(CCCCC3)O2)C(CN)C1. The Hall–Kier alpha value is -0.160. The lowest BCUT2D eigenvalue weighted by Gasteiger charge is -2.40. The molecule has 0 amide bonds. The van der Waals surface area contributed by atoms with Crippen LogP contribution in [0.3, 0.4) is 0 Å². The highest BCUT2D eigenvalue weighted by Crippen LogP contribution is 2.42. The van der Waals surface area contributed by atoms with Crippen molar-refractivity contribution < 1.29 is 9.47 Å². The zero-order valence-corrected chi connectivity index (χ0v) is 13.6. The summed E-state index contributed by atoms with van der Waals surface area (Å²) in [5, 5.41) is 0. The van der Waals surface area contributed by atoms with E-state index in [1.54, 1.807) is 0 Å². The molecule has 1 aliphatic carbocycles. The van der Waals surface area contributed by atoms with Crippen molar-refractivity contribution in [2.45, 2.75) is 81.6 Å². The summed E-state index contributed by atoms with van der Waals surface area (Å²) >= 11 is 0. The molecule has 1 spiro atoms. The van der Waals surface area contributed by atoms with Gasteiger partial charge in [-0.25, -0.2) is 0 Å². The van der Waals surface area contributed by atoms with Crippen molar-refractivity contribution in [1.82, 2.24) is 4.90 Å². The molecule has 0 radical (unpaired) electrons. The zero-order chi connectivity index (χ0) is 14.7. The molecule has 0 aromatic rings. The molecule has 3 fully saturated rings. The molecule has 3 atom stereocenters. The second-order valence-electron chi connectivity index (χ2n) is 7.29. The molecule has 2 aliphatic heterocycles. The maximum absolute atomic E-state index is 6.52. The largest absolute Gasteiger partial charge is 0.381 e. The maximum Gasteiger partial charge on any atom is 0.0710 e. The summed E-state index contributed by atoms with van der Waals surface area (Å²) in [7, 11) is 1.82. The van der Waals surface area contributed by atoms with Gasteiger partial charge in [-0.05, 0) is 38.5 Å². The van der Waals surface area contributed by atoms with E-state index in [9.17, 15) is 0 Å². The second-order valence-corrected chi connectivity index (χ2v) is 7.29. The molecular weight excluding hydrogens is 264 g/mol. The van der Waals surface area contributed by atoms with Gasteiger partial charge in [-0.3, -0.25) is 4.90 Å². The highest BCUT2D eigenvalue weighted by Gasteiger charge is 2.42. The van der Waals surface area contributed by atoms with E-state index in [-0.39, 0.29) is 5.60 Å². The summed E-state index contributed by atoms with van der Waals surface area (Å²) in [6.45, 7) is 2.91. The van der Waals surface area contributed by atoms with Crippen LogP contribution in [-0.2, 0) is 9.47 Å². The molecule has 1 saturated carbocycles. The highest BCUT2D eigenvalue weighted by molar-refractivity contribution is 4.93. The molecule has 0 aromatic carbocycles. The monoisotopic (exact) mass is 296 g/mol. The van der Waals surface area contributed by atoms with Gasteiger partial charge in [0.1, 0.15) is 0 Å². The van der Waals surface area contributed by atoms with Crippen LogP contribution >= 0.6 is 0 Å². The first-order valence-electron chi connectivity index (χ1n) is 8.89. The molecule has 0 aromatic heterocycles. The Morgan fingerprint density at radius 3 is 2.71 bits per heavy atom. The first-order chi connectivity index (χ1) is 10.2. The first-order valence-corrected chi connectivity index (χ1v) is 8.89. The van der Waals surface area contributed by atoms with Gasteiger partial charge in [0.2, 0.25) is 0 Å². The normalized spacial score (nSPS) is 37.1. The zero-order valence-electron chi connectivity index (χ0n) is 13.6. The molecule has 4 heteroatoms. The fourth-order valence-corrected chi connectivity index (χ4v) is 4.61. The molecule has 3 rings (SSSR count). The molecule has 3 aliphatic rings. The molecule has 2 N–H and O–H groups in total. The summed E-state index contributed by atoms with van der Waals surface area (Å²) in [4.78, 5) is 2.56. The van der Waals surface area contributed by atoms with Gasteiger partial charge in [0.25, 0.3) is 0 Å². The van der Waals surface area contributed by atoms with Crippen LogP contribution in [-0.4, -0.2) is 55.5 Å². The van der Waals surface area contributed by atoms with Gasteiger partial charge in [0, 0.05) is 32.8 Å². The summed E-state index contributed by atoms with van der Waals surface area (Å²) in [6.07, 6.45) is 12.2. The van der Waals surface area contributed by atoms with Gasteiger partial charge in [-0.1, -0.05) is 19.3 Å². The smallest absolute Gasteiger partial charge is 0.0710 e. The van der Waals surface area contributed by atoms with Crippen molar-refractivity contribution in [2.24, 2.45) is 5.73 Å². The average molecular weight is 296 g/mol. The van der Waals surface area contributed by atoms with E-state index in [1.165, 1.54) is 44.9 Å². The Bertz CT molecular complexity index is 331. The molecule has 4 nitrogen and oxygen atoms in total. The standard InChI is InChI=1S/C17H32N2O2/c1-20-15-6-10-19(14(11-15)12-18)13-16-5-9-17(21-16)7-3-2-4-8-17/h14-16H,2-13,18H2,1H3. The van der Waals surface area contributed by atoms with E-state index in [2.05, 4.69) is 4.90 Å². The van der Waals surface area contributed by atoms with Crippen LogP contribution in [0.2, 0.25) is 0 Å². The van der Waals surface area contributed by atoms with Gasteiger partial charge in [0.15, 0.2) is 0 Å². The van der Waals surface area contributed by atoms with Crippen LogP contribution in [0.15, 0.2) is 0 Å². The number of nitrogens with zero attached hydrogens (tertiary/aromatic N) is 1. The van der Waals surface area contributed by atoms with Crippen molar-refractivity contribution in [3.63, 3.8) is 0 Å². The summed E-state index contributed by atoms with van der Waals surface area (Å²) < 4.78 is 12.0. The lowest BCUT2D eigenvalue weighted by Crippen LogP contribution is -2.51. The third-order valence-corrected chi connectivity index (χ3v) is 5.94. The minimum atomic E-state index is 0.242. The Balaban J connectivity index is 1.52. The fraction of sp³-hybridized carbons (Fsp3) is 1.00. The van der Waals surface area contributed by atoms with Crippen LogP contribution in [0.1, 0.15) is 57.8 Å². The number of piperidine rings is 1. The van der Waals surface area contributed by atoms with Crippen molar-refractivity contribution >= 4 is 0 Å². The highest BCUT2D eigenvalue weighted by atomic mass is 16.5. The number of hydrogen-bond acceptors (Lipinski definition) is 4. The van der Waals surface area contributed by atoms with Crippen LogP contribution in [0, 0.1) is 0 Å². The fourth-order valence-electron chi connectivity index (χ4n) is 4.61. The van der Waals surface area contributed by atoms with Crippen molar-refractivity contribution in [3.05, 3.63) is 0 Å². The second kappa shape index (κ2) is 6.95. The van der Waals surface area contributed by atoms with E-state index in [1.807, 2.05) is 7.11 Å². The Morgan fingerprint density at radius 1 is 1.19 bits per heavy atom. The van der Waals surface area contributed by atoms with Crippen molar-refractivity contribution in [2.75, 3.05) is 26.7 Å². The first kappa shape index (κ1) is 15.7. The Labute approximate surface area is 129 Å². The van der Waals surface area contributed by atoms with Gasteiger partial charge in [-0.15, -0.1) is 0 Å². The molecule has 21 heavy (non-hydrogen) atoms. The van der Waals surface area contributed by atoms with Gasteiger partial charge < -0.3 is 15.2 Å². The van der Waals surface area contributed by atoms with Gasteiger partial charge >= 0.3 is 0 Å². The average Bonchev–Trinajstić information content (AvgIpc) is 2.90. The minimum absolute atomic E-state index is 0.242. The number of methoxy groups -OCH3 is 1. The quantitative estimate of drug-likeness (QED) is 0.865. The van der Waals surface area contributed by atoms with Crippen LogP contribution in [0.5, 0.6) is 0 Å².